The number of benzene rings is 1. The summed E-state index contributed by atoms with van der Waals surface area (Å²) in [5, 5.41) is 0. The molecule has 112 valence electrons. The molecule has 0 unspecified atom stereocenters. The molecule has 1 rings (SSSR count). The van der Waals surface area contributed by atoms with Crippen LogP contribution in [0.2, 0.25) is 0 Å². The van der Waals surface area contributed by atoms with Crippen molar-refractivity contribution in [1.82, 2.24) is 4.72 Å². The van der Waals surface area contributed by atoms with Crippen LogP contribution in [0.1, 0.15) is 19.4 Å². The molecule has 1 aromatic rings. The molecule has 0 aliphatic rings. The highest BCUT2D eigenvalue weighted by atomic mass is 32.2. The molecular weight excluding hydrogens is 295 g/mol. The Hall–Kier alpha value is -1.41. The van der Waals surface area contributed by atoms with Crippen LogP contribution in [0.15, 0.2) is 29.2 Å². The smallest absolute Gasteiger partial charge is 0.298 e. The molecule has 0 heterocycles. The maximum absolute atomic E-state index is 12.7. The van der Waals surface area contributed by atoms with E-state index in [4.69, 9.17) is 0 Å². The number of hydrogen-bond donors (Lipinski definition) is 1. The molecule has 0 saturated carbocycles. The molecular formula is C12H14F3NO3S. The molecule has 0 amide bonds. The van der Waals surface area contributed by atoms with Crippen LogP contribution in [-0.2, 0) is 21.0 Å². The van der Waals surface area contributed by atoms with E-state index in [2.05, 4.69) is 0 Å². The summed E-state index contributed by atoms with van der Waals surface area (Å²) in [5.74, 6) is -0.811. The fraction of sp³-hybridized carbons (Fsp3) is 0.417. The third kappa shape index (κ3) is 4.04. The van der Waals surface area contributed by atoms with E-state index in [0.717, 1.165) is 12.1 Å². The first-order valence-corrected chi connectivity index (χ1v) is 7.22. The number of alkyl halides is 3. The van der Waals surface area contributed by atoms with E-state index in [1.165, 1.54) is 6.07 Å². The zero-order valence-corrected chi connectivity index (χ0v) is 11.7. The van der Waals surface area contributed by atoms with Crippen molar-refractivity contribution in [2.24, 2.45) is 5.92 Å². The molecule has 0 aromatic heterocycles. The number of ketones is 1. The minimum Gasteiger partial charge on any atom is -0.298 e. The second-order valence-electron chi connectivity index (χ2n) is 4.44. The number of carbonyl (C=O) groups excluding carboxylic acids is 1. The van der Waals surface area contributed by atoms with Gasteiger partial charge >= 0.3 is 6.18 Å². The van der Waals surface area contributed by atoms with Crippen molar-refractivity contribution < 1.29 is 26.4 Å². The maximum atomic E-state index is 12.7. The summed E-state index contributed by atoms with van der Waals surface area (Å²) in [6.07, 6.45) is -4.78. The second kappa shape index (κ2) is 5.92. The van der Waals surface area contributed by atoms with Crippen molar-refractivity contribution in [2.45, 2.75) is 24.9 Å². The molecule has 8 heteroatoms. The van der Waals surface area contributed by atoms with E-state index in [1.807, 2.05) is 4.72 Å². The lowest BCUT2D eigenvalue weighted by Crippen LogP contribution is -2.32. The van der Waals surface area contributed by atoms with Crippen LogP contribution < -0.4 is 4.72 Å². The zero-order valence-electron chi connectivity index (χ0n) is 10.9. The fourth-order valence-electron chi connectivity index (χ4n) is 1.38. The summed E-state index contributed by atoms with van der Waals surface area (Å²) in [6, 6.07) is 3.82. The number of Topliss-reactive ketones (excluding diaryl/α,β-unsaturated/α-hetero) is 1. The quantitative estimate of drug-likeness (QED) is 0.907. The summed E-state index contributed by atoms with van der Waals surface area (Å²) < 4.78 is 63.9. The van der Waals surface area contributed by atoms with E-state index in [0.29, 0.717) is 6.07 Å². The van der Waals surface area contributed by atoms with E-state index in [-0.39, 0.29) is 0 Å². The Bertz CT molecular complexity index is 594. The largest absolute Gasteiger partial charge is 0.417 e. The van der Waals surface area contributed by atoms with Gasteiger partial charge in [-0.2, -0.15) is 13.2 Å². The van der Waals surface area contributed by atoms with Crippen LogP contribution in [0.4, 0.5) is 13.2 Å². The van der Waals surface area contributed by atoms with Gasteiger partial charge in [0.1, 0.15) is 5.78 Å². The van der Waals surface area contributed by atoms with Crippen molar-refractivity contribution in [1.29, 1.82) is 0 Å². The van der Waals surface area contributed by atoms with Gasteiger partial charge in [-0.25, -0.2) is 13.1 Å². The lowest BCUT2D eigenvalue weighted by molar-refractivity contribution is -0.139. The Labute approximate surface area is 115 Å². The van der Waals surface area contributed by atoms with Crippen molar-refractivity contribution >= 4 is 15.8 Å². The molecule has 0 aliphatic heterocycles. The maximum Gasteiger partial charge on any atom is 0.417 e. The van der Waals surface area contributed by atoms with Gasteiger partial charge < -0.3 is 0 Å². The Morgan fingerprint density at radius 2 is 1.80 bits per heavy atom. The average molecular weight is 309 g/mol. The van der Waals surface area contributed by atoms with Gasteiger partial charge in [-0.1, -0.05) is 26.0 Å². The van der Waals surface area contributed by atoms with Crippen molar-refractivity contribution in [3.63, 3.8) is 0 Å². The van der Waals surface area contributed by atoms with Gasteiger partial charge in [0.25, 0.3) is 0 Å². The molecule has 4 nitrogen and oxygen atoms in total. The lowest BCUT2D eigenvalue weighted by Gasteiger charge is -2.13. The highest BCUT2D eigenvalue weighted by molar-refractivity contribution is 7.89. The first kappa shape index (κ1) is 16.6. The highest BCUT2D eigenvalue weighted by Crippen LogP contribution is 2.33. The number of carbonyl (C=O) groups is 1. The molecule has 0 atom stereocenters. The minimum atomic E-state index is -4.78. The van der Waals surface area contributed by atoms with Crippen LogP contribution in [0.3, 0.4) is 0 Å². The number of halogens is 3. The number of sulfonamides is 1. The molecule has 0 radical (unpaired) electrons. The minimum absolute atomic E-state index is 0.405. The number of rotatable bonds is 5. The topological polar surface area (TPSA) is 63.2 Å². The Kier molecular flexibility index (Phi) is 4.93. The van der Waals surface area contributed by atoms with Crippen molar-refractivity contribution in [2.75, 3.05) is 6.54 Å². The molecule has 0 spiro atoms. The summed E-state index contributed by atoms with van der Waals surface area (Å²) >= 11 is 0. The number of nitrogens with one attached hydrogen (secondary N) is 1. The molecule has 0 bridgehead atoms. The SMILES string of the molecule is CC(C)C(=O)CNS(=O)(=O)c1ccccc1C(F)(F)F. The normalized spacial score (nSPS) is 12.7. The first-order valence-electron chi connectivity index (χ1n) is 5.74. The van der Waals surface area contributed by atoms with Gasteiger partial charge in [-0.05, 0) is 12.1 Å². The molecule has 0 aliphatic carbocycles. The van der Waals surface area contributed by atoms with Gasteiger partial charge in [-0.3, -0.25) is 4.79 Å². The third-order valence-corrected chi connectivity index (χ3v) is 4.02. The van der Waals surface area contributed by atoms with Crippen LogP contribution in [0.25, 0.3) is 0 Å². The van der Waals surface area contributed by atoms with Crippen LogP contribution in [-0.4, -0.2) is 20.7 Å². The fourth-order valence-corrected chi connectivity index (χ4v) is 2.60. The van der Waals surface area contributed by atoms with Crippen LogP contribution in [0.5, 0.6) is 0 Å². The summed E-state index contributed by atoms with van der Waals surface area (Å²) in [6.45, 7) is 2.60. The second-order valence-corrected chi connectivity index (χ2v) is 6.17. The first-order chi connectivity index (χ1) is 9.05. The van der Waals surface area contributed by atoms with E-state index < -0.39 is 44.9 Å². The van der Waals surface area contributed by atoms with Gasteiger partial charge in [0, 0.05) is 5.92 Å². The molecule has 1 aromatic carbocycles. The number of hydrogen-bond acceptors (Lipinski definition) is 3. The van der Waals surface area contributed by atoms with Gasteiger partial charge in [0.15, 0.2) is 0 Å². The predicted octanol–water partition coefficient (Wildman–Crippen LogP) is 2.21. The standard InChI is InChI=1S/C12H14F3NO3S/c1-8(2)10(17)7-16-20(18,19)11-6-4-3-5-9(11)12(13,14)15/h3-6,8,16H,7H2,1-2H3. The molecule has 0 saturated heterocycles. The molecule has 0 fully saturated rings. The Balaban J connectivity index is 3.08. The average Bonchev–Trinajstić information content (AvgIpc) is 2.35. The van der Waals surface area contributed by atoms with Gasteiger partial charge in [-0.15, -0.1) is 0 Å². The monoisotopic (exact) mass is 309 g/mol. The van der Waals surface area contributed by atoms with E-state index in [1.54, 1.807) is 13.8 Å². The molecule has 20 heavy (non-hydrogen) atoms. The summed E-state index contributed by atoms with van der Waals surface area (Å²) in [7, 11) is -4.39. The highest BCUT2D eigenvalue weighted by Gasteiger charge is 2.36. The Morgan fingerprint density at radius 3 is 2.30 bits per heavy atom. The van der Waals surface area contributed by atoms with Crippen LogP contribution >= 0.6 is 0 Å². The summed E-state index contributed by atoms with van der Waals surface area (Å²) in [5.41, 5.74) is -1.26. The van der Waals surface area contributed by atoms with Gasteiger partial charge in [0.2, 0.25) is 10.0 Å². The zero-order chi connectivity index (χ0) is 15.6. The molecule has 1 N–H and O–H groups in total. The van der Waals surface area contributed by atoms with Gasteiger partial charge in [0.05, 0.1) is 17.0 Å². The lowest BCUT2D eigenvalue weighted by atomic mass is 10.1. The van der Waals surface area contributed by atoms with Crippen molar-refractivity contribution in [3.8, 4) is 0 Å². The Morgan fingerprint density at radius 1 is 1.25 bits per heavy atom. The van der Waals surface area contributed by atoms with E-state index >= 15 is 0 Å². The predicted molar refractivity (Wildman–Crippen MR) is 66.5 cm³/mol. The van der Waals surface area contributed by atoms with Crippen molar-refractivity contribution in [3.05, 3.63) is 29.8 Å². The van der Waals surface area contributed by atoms with Crippen LogP contribution in [0, 0.1) is 5.92 Å². The van der Waals surface area contributed by atoms with E-state index in [9.17, 15) is 26.4 Å². The summed E-state index contributed by atoms with van der Waals surface area (Å²) in [4.78, 5) is 10.5. The third-order valence-electron chi connectivity index (χ3n) is 2.56.